The summed E-state index contributed by atoms with van der Waals surface area (Å²) in [6, 6.07) is 7.95. The number of fused-ring (bicyclic) bond motifs is 1. The molecule has 0 radical (unpaired) electrons. The summed E-state index contributed by atoms with van der Waals surface area (Å²) in [5.74, 6) is 1.24. The van der Waals surface area contributed by atoms with Crippen LogP contribution < -0.4 is 11.1 Å². The number of furan rings is 1. The molecule has 0 saturated carbocycles. The number of nitrogens with zero attached hydrogens (tertiary/aromatic N) is 1. The maximum absolute atomic E-state index is 5.76. The maximum atomic E-state index is 5.76. The van der Waals surface area contributed by atoms with Gasteiger partial charge in [-0.05, 0) is 13.0 Å². The van der Waals surface area contributed by atoms with Crippen molar-refractivity contribution in [1.29, 1.82) is 0 Å². The standard InChI is InChI=1S/C14H19N3O2.HI/c1-10-11-5-3-4-6-12(11)19-13(10)9-17-14(15)16-7-8-18-2;/h3-6H,7-9H2,1-2H3,(H3,15,16,17);1H. The number of ether oxygens (including phenoxy) is 1. The van der Waals surface area contributed by atoms with Gasteiger partial charge in [0.15, 0.2) is 5.96 Å². The molecular formula is C14H20IN3O2. The van der Waals surface area contributed by atoms with Crippen molar-refractivity contribution in [3.63, 3.8) is 0 Å². The lowest BCUT2D eigenvalue weighted by molar-refractivity contribution is 0.204. The Morgan fingerprint density at radius 3 is 2.85 bits per heavy atom. The summed E-state index contributed by atoms with van der Waals surface area (Å²) in [6.07, 6.45) is 0. The summed E-state index contributed by atoms with van der Waals surface area (Å²) < 4.78 is 10.7. The first kappa shape index (κ1) is 16.8. The topological polar surface area (TPSA) is 72.8 Å². The Hall–Kier alpha value is -1.28. The van der Waals surface area contributed by atoms with Crippen LogP contribution >= 0.6 is 24.0 Å². The Labute approximate surface area is 135 Å². The van der Waals surface area contributed by atoms with Crippen molar-refractivity contribution in [3.8, 4) is 0 Å². The molecule has 1 aromatic carbocycles. The van der Waals surface area contributed by atoms with Crippen LogP contribution in [0.25, 0.3) is 11.0 Å². The van der Waals surface area contributed by atoms with Crippen LogP contribution in [0, 0.1) is 6.92 Å². The van der Waals surface area contributed by atoms with Gasteiger partial charge in [0.05, 0.1) is 6.61 Å². The number of nitrogens with two attached hydrogens (primary N) is 1. The molecule has 0 aliphatic heterocycles. The minimum Gasteiger partial charge on any atom is -0.459 e. The summed E-state index contributed by atoms with van der Waals surface area (Å²) in [5.41, 5.74) is 7.75. The maximum Gasteiger partial charge on any atom is 0.189 e. The summed E-state index contributed by atoms with van der Waals surface area (Å²) in [4.78, 5) is 4.26. The van der Waals surface area contributed by atoms with Crippen LogP contribution in [0.2, 0.25) is 0 Å². The van der Waals surface area contributed by atoms with Crippen molar-refractivity contribution in [3.05, 3.63) is 35.6 Å². The molecule has 5 nitrogen and oxygen atoms in total. The van der Waals surface area contributed by atoms with Gasteiger partial charge in [-0.15, -0.1) is 24.0 Å². The number of para-hydroxylation sites is 1. The zero-order chi connectivity index (χ0) is 13.7. The Bertz CT molecular complexity index is 581. The van der Waals surface area contributed by atoms with Gasteiger partial charge < -0.3 is 20.2 Å². The van der Waals surface area contributed by atoms with Crippen molar-refractivity contribution in [2.24, 2.45) is 10.7 Å². The highest BCUT2D eigenvalue weighted by Gasteiger charge is 2.08. The molecule has 0 spiro atoms. The second-order valence-corrected chi connectivity index (χ2v) is 4.27. The van der Waals surface area contributed by atoms with Crippen molar-refractivity contribution >= 4 is 40.9 Å². The number of hydrogen-bond acceptors (Lipinski definition) is 3. The van der Waals surface area contributed by atoms with Crippen LogP contribution in [0.5, 0.6) is 0 Å². The lowest BCUT2D eigenvalue weighted by Crippen LogP contribution is -2.34. The van der Waals surface area contributed by atoms with Gasteiger partial charge in [-0.2, -0.15) is 0 Å². The number of hydrogen-bond donors (Lipinski definition) is 2. The second-order valence-electron chi connectivity index (χ2n) is 4.27. The van der Waals surface area contributed by atoms with E-state index in [0.717, 1.165) is 22.3 Å². The highest BCUT2D eigenvalue weighted by atomic mass is 127. The van der Waals surface area contributed by atoms with Gasteiger partial charge in [-0.3, -0.25) is 0 Å². The summed E-state index contributed by atoms with van der Waals surface area (Å²) in [5, 5.41) is 4.09. The van der Waals surface area contributed by atoms with E-state index >= 15 is 0 Å². The Kier molecular flexibility index (Phi) is 6.80. The number of aliphatic imine (C=N–C) groups is 1. The van der Waals surface area contributed by atoms with Gasteiger partial charge in [0.25, 0.3) is 0 Å². The SMILES string of the molecule is COCCNC(N)=NCc1oc2ccccc2c1C.I. The van der Waals surface area contributed by atoms with E-state index in [9.17, 15) is 0 Å². The van der Waals surface area contributed by atoms with Crippen LogP contribution in [0.4, 0.5) is 0 Å². The molecular weight excluding hydrogens is 369 g/mol. The summed E-state index contributed by atoms with van der Waals surface area (Å²) in [7, 11) is 1.65. The molecule has 0 bridgehead atoms. The average molecular weight is 389 g/mol. The van der Waals surface area contributed by atoms with Crippen LogP contribution in [0.1, 0.15) is 11.3 Å². The minimum absolute atomic E-state index is 0. The van der Waals surface area contributed by atoms with Crippen molar-refractivity contribution in [2.75, 3.05) is 20.3 Å². The Morgan fingerprint density at radius 2 is 2.15 bits per heavy atom. The first-order valence-electron chi connectivity index (χ1n) is 6.22. The lowest BCUT2D eigenvalue weighted by Gasteiger charge is -2.03. The van der Waals surface area contributed by atoms with Crippen molar-refractivity contribution in [1.82, 2.24) is 5.32 Å². The molecule has 2 aromatic rings. The third-order valence-corrected chi connectivity index (χ3v) is 2.95. The monoisotopic (exact) mass is 389 g/mol. The molecule has 0 fully saturated rings. The first-order chi connectivity index (χ1) is 9.22. The molecule has 2 rings (SSSR count). The highest BCUT2D eigenvalue weighted by Crippen LogP contribution is 2.25. The van der Waals surface area contributed by atoms with E-state index in [4.69, 9.17) is 14.9 Å². The average Bonchev–Trinajstić information content (AvgIpc) is 2.74. The zero-order valence-electron chi connectivity index (χ0n) is 11.7. The lowest BCUT2D eigenvalue weighted by atomic mass is 10.1. The minimum atomic E-state index is 0. The molecule has 110 valence electrons. The van der Waals surface area contributed by atoms with E-state index < -0.39 is 0 Å². The smallest absolute Gasteiger partial charge is 0.189 e. The molecule has 6 heteroatoms. The Balaban J connectivity index is 0.00000200. The van der Waals surface area contributed by atoms with Gasteiger partial charge in [0.1, 0.15) is 17.9 Å². The van der Waals surface area contributed by atoms with Crippen molar-refractivity contribution < 1.29 is 9.15 Å². The van der Waals surface area contributed by atoms with E-state index in [1.54, 1.807) is 7.11 Å². The number of halogens is 1. The number of nitrogens with one attached hydrogen (secondary N) is 1. The van der Waals surface area contributed by atoms with Crippen LogP contribution in [-0.4, -0.2) is 26.2 Å². The largest absolute Gasteiger partial charge is 0.459 e. The molecule has 20 heavy (non-hydrogen) atoms. The molecule has 0 atom stereocenters. The quantitative estimate of drug-likeness (QED) is 0.357. The van der Waals surface area contributed by atoms with Gasteiger partial charge in [-0.1, -0.05) is 18.2 Å². The van der Waals surface area contributed by atoms with Crippen LogP contribution in [0.15, 0.2) is 33.7 Å². The first-order valence-corrected chi connectivity index (χ1v) is 6.22. The van der Waals surface area contributed by atoms with E-state index in [0.29, 0.717) is 25.7 Å². The molecule has 0 saturated heterocycles. The van der Waals surface area contributed by atoms with Gasteiger partial charge in [-0.25, -0.2) is 4.99 Å². The fraction of sp³-hybridized carbons (Fsp3) is 0.357. The van der Waals surface area contributed by atoms with E-state index in [-0.39, 0.29) is 24.0 Å². The molecule has 1 aromatic heterocycles. The van der Waals surface area contributed by atoms with Crippen LogP contribution in [0.3, 0.4) is 0 Å². The van der Waals surface area contributed by atoms with E-state index in [1.807, 2.05) is 31.2 Å². The highest BCUT2D eigenvalue weighted by molar-refractivity contribution is 14.0. The van der Waals surface area contributed by atoms with E-state index in [2.05, 4.69) is 10.3 Å². The predicted octanol–water partition coefficient (Wildman–Crippen LogP) is 2.41. The number of methoxy groups -OCH3 is 1. The fourth-order valence-electron chi connectivity index (χ4n) is 1.87. The third-order valence-electron chi connectivity index (χ3n) is 2.95. The molecule has 0 aliphatic carbocycles. The molecule has 1 heterocycles. The molecule has 0 unspecified atom stereocenters. The van der Waals surface area contributed by atoms with Gasteiger partial charge in [0.2, 0.25) is 0 Å². The third kappa shape index (κ3) is 4.11. The fourth-order valence-corrected chi connectivity index (χ4v) is 1.87. The number of guanidine groups is 1. The normalized spacial score (nSPS) is 11.4. The zero-order valence-corrected chi connectivity index (χ0v) is 14.0. The summed E-state index contributed by atoms with van der Waals surface area (Å²) in [6.45, 7) is 3.71. The number of benzene rings is 1. The second kappa shape index (κ2) is 8.11. The molecule has 0 aliphatic rings. The predicted molar refractivity (Wildman–Crippen MR) is 91.6 cm³/mol. The Morgan fingerprint density at radius 1 is 1.40 bits per heavy atom. The van der Waals surface area contributed by atoms with Crippen molar-refractivity contribution in [2.45, 2.75) is 13.5 Å². The summed E-state index contributed by atoms with van der Waals surface area (Å²) >= 11 is 0. The van der Waals surface area contributed by atoms with Crippen LogP contribution in [-0.2, 0) is 11.3 Å². The number of rotatable bonds is 5. The van der Waals surface area contributed by atoms with Gasteiger partial charge in [0, 0.05) is 24.6 Å². The van der Waals surface area contributed by atoms with E-state index in [1.165, 1.54) is 0 Å². The number of aryl methyl sites for hydroxylation is 1. The van der Waals surface area contributed by atoms with Gasteiger partial charge >= 0.3 is 0 Å². The molecule has 0 amide bonds. The molecule has 3 N–H and O–H groups in total.